The summed E-state index contributed by atoms with van der Waals surface area (Å²) < 4.78 is 7.93. The highest BCUT2D eigenvalue weighted by Crippen LogP contribution is 2.27. The number of anilines is 1. The molecule has 0 radical (unpaired) electrons. The minimum absolute atomic E-state index is 0.136. The number of para-hydroxylation sites is 1. The molecule has 4 amide bonds. The lowest BCUT2D eigenvalue weighted by Gasteiger charge is -2.26. The van der Waals surface area contributed by atoms with Crippen LogP contribution >= 0.6 is 11.6 Å². The normalized spacial score (nSPS) is 15.0. The number of imide groups is 2. The molecule has 0 aliphatic carbocycles. The number of aromatic nitrogens is 1. The minimum atomic E-state index is -0.805. The van der Waals surface area contributed by atoms with Crippen LogP contribution in [0.25, 0.3) is 17.0 Å². The number of carbonyl (C=O) groups is 3. The maximum absolute atomic E-state index is 13.3. The number of fused-ring (bicyclic) bond motifs is 1. The number of nitrogens with zero attached hydrogens (tertiary/aromatic N) is 2. The summed E-state index contributed by atoms with van der Waals surface area (Å²) in [4.78, 5) is 39.3. The largest absolute Gasteiger partial charge is 0.492 e. The van der Waals surface area contributed by atoms with E-state index in [9.17, 15) is 14.4 Å². The van der Waals surface area contributed by atoms with E-state index in [-0.39, 0.29) is 5.57 Å². The van der Waals surface area contributed by atoms with Gasteiger partial charge in [-0.25, -0.2) is 9.69 Å². The van der Waals surface area contributed by atoms with E-state index in [1.54, 1.807) is 24.3 Å². The van der Waals surface area contributed by atoms with Gasteiger partial charge in [0.15, 0.2) is 0 Å². The van der Waals surface area contributed by atoms with Gasteiger partial charge >= 0.3 is 6.03 Å². The van der Waals surface area contributed by atoms with Gasteiger partial charge in [-0.2, -0.15) is 0 Å². The average molecular weight is 500 g/mol. The predicted octanol–water partition coefficient (Wildman–Crippen LogP) is 5.35. The number of hydrogen-bond acceptors (Lipinski definition) is 4. The van der Waals surface area contributed by atoms with Gasteiger partial charge in [0.1, 0.15) is 17.9 Å². The molecule has 0 bridgehead atoms. The molecule has 8 heteroatoms. The third-order valence-corrected chi connectivity index (χ3v) is 6.15. The van der Waals surface area contributed by atoms with Crippen LogP contribution in [0, 0.1) is 6.92 Å². The molecule has 1 N–H and O–H groups in total. The zero-order valence-corrected chi connectivity index (χ0v) is 20.2. The zero-order chi connectivity index (χ0) is 25.2. The van der Waals surface area contributed by atoms with E-state index in [1.165, 1.54) is 6.08 Å². The molecule has 7 nitrogen and oxygen atoms in total. The summed E-state index contributed by atoms with van der Waals surface area (Å²) in [7, 11) is 0. The number of carbonyl (C=O) groups excluding carboxylic acids is 3. The summed E-state index contributed by atoms with van der Waals surface area (Å²) in [6.45, 7) is 3.01. The van der Waals surface area contributed by atoms with Crippen molar-refractivity contribution in [1.82, 2.24) is 9.88 Å². The van der Waals surface area contributed by atoms with Crippen molar-refractivity contribution in [2.75, 3.05) is 11.5 Å². The van der Waals surface area contributed by atoms with Gasteiger partial charge in [-0.05, 0) is 61.0 Å². The molecule has 1 aromatic heterocycles. The van der Waals surface area contributed by atoms with Crippen molar-refractivity contribution in [2.24, 2.45) is 0 Å². The van der Waals surface area contributed by atoms with Crippen molar-refractivity contribution < 1.29 is 19.1 Å². The van der Waals surface area contributed by atoms with E-state index in [0.29, 0.717) is 29.4 Å². The lowest BCUT2D eigenvalue weighted by Crippen LogP contribution is -2.54. The molecule has 2 heterocycles. The van der Waals surface area contributed by atoms with E-state index in [4.69, 9.17) is 16.3 Å². The first kappa shape index (κ1) is 23.4. The number of rotatable bonds is 6. The SMILES string of the molecule is Cc1cccc(OCCn2cc(C=C3C(=O)NC(=O)N(c4ccc(Cl)cc4)C3=O)c3ccccc32)c1. The molecule has 36 heavy (non-hydrogen) atoms. The van der Waals surface area contributed by atoms with Crippen LogP contribution in [-0.2, 0) is 16.1 Å². The maximum atomic E-state index is 13.3. The highest BCUT2D eigenvalue weighted by molar-refractivity contribution is 6.39. The Hall–Kier alpha value is -4.36. The minimum Gasteiger partial charge on any atom is -0.492 e. The zero-order valence-electron chi connectivity index (χ0n) is 19.4. The summed E-state index contributed by atoms with van der Waals surface area (Å²) in [6, 6.07) is 21.0. The predicted molar refractivity (Wildman–Crippen MR) is 139 cm³/mol. The summed E-state index contributed by atoms with van der Waals surface area (Å²) in [5.41, 5.74) is 2.92. The number of urea groups is 1. The molecular weight excluding hydrogens is 478 g/mol. The van der Waals surface area contributed by atoms with Crippen LogP contribution in [0.1, 0.15) is 11.1 Å². The Morgan fingerprint density at radius 2 is 1.75 bits per heavy atom. The first-order valence-electron chi connectivity index (χ1n) is 11.3. The fourth-order valence-electron chi connectivity index (χ4n) is 4.18. The topological polar surface area (TPSA) is 80.6 Å². The number of ether oxygens (including phenoxy) is 1. The summed E-state index contributed by atoms with van der Waals surface area (Å²) >= 11 is 5.94. The lowest BCUT2D eigenvalue weighted by atomic mass is 10.1. The first-order valence-corrected chi connectivity index (χ1v) is 11.7. The third kappa shape index (κ3) is 4.61. The number of halogens is 1. The van der Waals surface area contributed by atoms with E-state index in [0.717, 1.165) is 27.1 Å². The number of amides is 4. The quantitative estimate of drug-likeness (QED) is 0.286. The molecule has 180 valence electrons. The van der Waals surface area contributed by atoms with Gasteiger partial charge in [-0.15, -0.1) is 0 Å². The number of barbiturate groups is 1. The second kappa shape index (κ2) is 9.71. The summed E-state index contributed by atoms with van der Waals surface area (Å²) in [5, 5.41) is 3.59. The van der Waals surface area contributed by atoms with Gasteiger partial charge in [0.05, 0.1) is 12.2 Å². The fraction of sp³-hybridized carbons (Fsp3) is 0.107. The standard InChI is InChI=1S/C28H22ClN3O4/c1-18-5-4-6-22(15-18)36-14-13-31-17-19(23-7-2-3-8-25(23)31)16-24-26(33)30-28(35)32(27(24)34)21-11-9-20(29)10-12-21/h2-12,15-17H,13-14H2,1H3,(H,30,33,35). The van der Waals surface area contributed by atoms with Crippen LogP contribution in [0.4, 0.5) is 10.5 Å². The third-order valence-electron chi connectivity index (χ3n) is 5.90. The fourth-order valence-corrected chi connectivity index (χ4v) is 4.31. The highest BCUT2D eigenvalue weighted by Gasteiger charge is 2.37. The van der Waals surface area contributed by atoms with Crippen LogP contribution in [0.15, 0.2) is 84.6 Å². The van der Waals surface area contributed by atoms with Gasteiger partial charge in [-0.1, -0.05) is 41.9 Å². The van der Waals surface area contributed by atoms with Crippen molar-refractivity contribution in [1.29, 1.82) is 0 Å². The molecule has 1 saturated heterocycles. The van der Waals surface area contributed by atoms with Crippen molar-refractivity contribution in [3.8, 4) is 5.75 Å². The summed E-state index contributed by atoms with van der Waals surface area (Å²) in [6.07, 6.45) is 3.40. The Bertz CT molecular complexity index is 1520. The molecule has 4 aromatic rings. The van der Waals surface area contributed by atoms with Crippen LogP contribution in [0.2, 0.25) is 5.02 Å². The van der Waals surface area contributed by atoms with Gasteiger partial charge in [0.25, 0.3) is 11.8 Å². The van der Waals surface area contributed by atoms with E-state index in [2.05, 4.69) is 5.32 Å². The molecule has 1 aliphatic rings. The number of benzene rings is 3. The molecule has 0 atom stereocenters. The highest BCUT2D eigenvalue weighted by atomic mass is 35.5. The first-order chi connectivity index (χ1) is 17.4. The van der Waals surface area contributed by atoms with Crippen molar-refractivity contribution in [3.63, 3.8) is 0 Å². The smallest absolute Gasteiger partial charge is 0.335 e. The lowest BCUT2D eigenvalue weighted by molar-refractivity contribution is -0.122. The Morgan fingerprint density at radius 1 is 0.972 bits per heavy atom. The second-order valence-corrected chi connectivity index (χ2v) is 8.83. The summed E-state index contributed by atoms with van der Waals surface area (Å²) in [5.74, 6) is -0.647. The van der Waals surface area contributed by atoms with Crippen LogP contribution < -0.4 is 15.0 Å². The van der Waals surface area contributed by atoms with Crippen molar-refractivity contribution >= 4 is 52.1 Å². The van der Waals surface area contributed by atoms with Gasteiger partial charge < -0.3 is 9.30 Å². The molecule has 1 aliphatic heterocycles. The molecular formula is C28H22ClN3O4. The Labute approximate surface area is 212 Å². The van der Waals surface area contributed by atoms with Gasteiger partial charge in [0.2, 0.25) is 0 Å². The van der Waals surface area contributed by atoms with E-state index in [1.807, 2.05) is 66.2 Å². The second-order valence-electron chi connectivity index (χ2n) is 8.39. The average Bonchev–Trinajstić information content (AvgIpc) is 3.20. The molecule has 0 saturated carbocycles. The van der Waals surface area contributed by atoms with Gasteiger partial charge in [-0.3, -0.25) is 14.9 Å². The van der Waals surface area contributed by atoms with Crippen LogP contribution in [0.5, 0.6) is 5.75 Å². The molecule has 1 fully saturated rings. The monoisotopic (exact) mass is 499 g/mol. The molecule has 5 rings (SSSR count). The number of hydrogen-bond donors (Lipinski definition) is 1. The Morgan fingerprint density at radius 3 is 2.53 bits per heavy atom. The van der Waals surface area contributed by atoms with E-state index < -0.39 is 17.8 Å². The molecule has 3 aromatic carbocycles. The van der Waals surface area contributed by atoms with Crippen molar-refractivity contribution in [3.05, 3.63) is 101 Å². The maximum Gasteiger partial charge on any atom is 0.335 e. The molecule has 0 spiro atoms. The molecule has 0 unspecified atom stereocenters. The van der Waals surface area contributed by atoms with Crippen LogP contribution in [0.3, 0.4) is 0 Å². The number of aryl methyl sites for hydroxylation is 1. The van der Waals surface area contributed by atoms with Crippen molar-refractivity contribution in [2.45, 2.75) is 13.5 Å². The Balaban J connectivity index is 1.45. The Kier molecular flexibility index (Phi) is 6.31. The van der Waals surface area contributed by atoms with Gasteiger partial charge in [0, 0.05) is 27.7 Å². The number of nitrogens with one attached hydrogen (secondary N) is 1. The van der Waals surface area contributed by atoms with E-state index >= 15 is 0 Å². The van der Waals surface area contributed by atoms with Crippen LogP contribution in [-0.4, -0.2) is 29.0 Å².